The molecule has 0 saturated heterocycles. The number of ether oxygens (including phenoxy) is 1. The molecule has 1 N–H and O–H groups in total. The fraction of sp³-hybridized carbons (Fsp3) is 0.850. The summed E-state index contributed by atoms with van der Waals surface area (Å²) >= 11 is 0. The molecular weight excluding hydrogens is 304 g/mol. The molecule has 0 fully saturated rings. The van der Waals surface area contributed by atoms with Crippen LogP contribution in [-0.2, 0) is 14.4 Å². The van der Waals surface area contributed by atoms with Gasteiger partial charge < -0.3 is 4.74 Å². The number of carbonyl (C=O) groups is 1. The highest BCUT2D eigenvalue weighted by molar-refractivity contribution is 5.69. The Labute approximate surface area is 148 Å². The Hall–Kier alpha value is -0.870. The van der Waals surface area contributed by atoms with E-state index in [0.29, 0.717) is 13.0 Å². The van der Waals surface area contributed by atoms with Gasteiger partial charge in [0.15, 0.2) is 0 Å². The summed E-state index contributed by atoms with van der Waals surface area (Å²) < 4.78 is 4.90. The van der Waals surface area contributed by atoms with Gasteiger partial charge in [-0.15, -0.1) is 0 Å². The number of esters is 1. The summed E-state index contributed by atoms with van der Waals surface area (Å²) in [5.41, 5.74) is 0. The first-order valence-electron chi connectivity index (χ1n) is 9.85. The lowest BCUT2D eigenvalue weighted by atomic mass is 10.0. The van der Waals surface area contributed by atoms with E-state index in [2.05, 4.69) is 24.0 Å². The van der Waals surface area contributed by atoms with Gasteiger partial charge in [-0.1, -0.05) is 57.6 Å². The summed E-state index contributed by atoms with van der Waals surface area (Å²) in [7, 11) is 0. The van der Waals surface area contributed by atoms with Crippen molar-refractivity contribution in [1.82, 2.24) is 0 Å². The third-order valence-corrected chi connectivity index (χ3v) is 4.16. The van der Waals surface area contributed by atoms with E-state index in [4.69, 9.17) is 9.99 Å². The number of hydrogen-bond acceptors (Lipinski definition) is 4. The van der Waals surface area contributed by atoms with Crippen LogP contribution in [0.3, 0.4) is 0 Å². The Balaban J connectivity index is 3.47. The summed E-state index contributed by atoms with van der Waals surface area (Å²) in [6, 6.07) is 0. The van der Waals surface area contributed by atoms with Gasteiger partial charge in [-0.05, 0) is 45.4 Å². The third kappa shape index (κ3) is 16.0. The first-order chi connectivity index (χ1) is 11.7. The molecule has 0 aromatic rings. The van der Waals surface area contributed by atoms with Gasteiger partial charge in [-0.25, -0.2) is 4.89 Å². The molecule has 0 saturated carbocycles. The van der Waals surface area contributed by atoms with Crippen molar-refractivity contribution in [3.8, 4) is 0 Å². The van der Waals surface area contributed by atoms with E-state index in [-0.39, 0.29) is 12.1 Å². The fourth-order valence-corrected chi connectivity index (χ4v) is 2.68. The molecule has 1 atom stereocenters. The van der Waals surface area contributed by atoms with E-state index in [1.54, 1.807) is 0 Å². The van der Waals surface area contributed by atoms with Gasteiger partial charge in [0.25, 0.3) is 0 Å². The Morgan fingerprint density at radius 2 is 1.62 bits per heavy atom. The molecule has 0 aromatic carbocycles. The van der Waals surface area contributed by atoms with E-state index in [0.717, 1.165) is 57.8 Å². The van der Waals surface area contributed by atoms with Crippen LogP contribution in [0.25, 0.3) is 0 Å². The third-order valence-electron chi connectivity index (χ3n) is 4.16. The Morgan fingerprint density at radius 1 is 0.917 bits per heavy atom. The minimum Gasteiger partial charge on any atom is -0.466 e. The maximum absolute atomic E-state index is 11.2. The van der Waals surface area contributed by atoms with Crippen molar-refractivity contribution in [2.45, 2.75) is 103 Å². The van der Waals surface area contributed by atoms with E-state index in [1.165, 1.54) is 19.3 Å². The molecule has 0 bridgehead atoms. The lowest BCUT2D eigenvalue weighted by Gasteiger charge is -2.11. The van der Waals surface area contributed by atoms with Crippen molar-refractivity contribution in [2.75, 3.05) is 6.61 Å². The van der Waals surface area contributed by atoms with Crippen LogP contribution in [0.1, 0.15) is 97.3 Å². The van der Waals surface area contributed by atoms with Crippen LogP contribution >= 0.6 is 0 Å². The van der Waals surface area contributed by atoms with Gasteiger partial charge in [0.05, 0.1) is 12.7 Å². The zero-order valence-electron chi connectivity index (χ0n) is 15.8. The first-order valence-corrected chi connectivity index (χ1v) is 9.85. The zero-order valence-corrected chi connectivity index (χ0v) is 15.8. The maximum Gasteiger partial charge on any atom is 0.305 e. The number of rotatable bonds is 17. The van der Waals surface area contributed by atoms with Gasteiger partial charge in [0.2, 0.25) is 0 Å². The highest BCUT2D eigenvalue weighted by Gasteiger charge is 2.07. The fourth-order valence-electron chi connectivity index (χ4n) is 2.68. The van der Waals surface area contributed by atoms with Gasteiger partial charge in [-0.2, -0.15) is 0 Å². The van der Waals surface area contributed by atoms with Gasteiger partial charge >= 0.3 is 5.97 Å². The molecular formula is C20H38O4. The second-order valence-electron chi connectivity index (χ2n) is 6.38. The predicted octanol–water partition coefficient (Wildman–Crippen LogP) is 6.06. The quantitative estimate of drug-likeness (QED) is 0.115. The highest BCUT2D eigenvalue weighted by atomic mass is 17.1. The standard InChI is InChI=1S/C20H38O4/c1-3-5-6-7-8-10-13-16-19(24-22)17-14-11-9-12-15-18-20(21)23-4-2/h8,10,19,22H,3-7,9,11-18H2,1-2H3. The molecule has 0 aliphatic rings. The molecule has 4 nitrogen and oxygen atoms in total. The molecule has 0 rings (SSSR count). The molecule has 142 valence electrons. The minimum atomic E-state index is -0.0889. The van der Waals surface area contributed by atoms with E-state index >= 15 is 0 Å². The second-order valence-corrected chi connectivity index (χ2v) is 6.38. The summed E-state index contributed by atoms with van der Waals surface area (Å²) in [6.45, 7) is 4.52. The monoisotopic (exact) mass is 342 g/mol. The number of carbonyl (C=O) groups excluding carboxylic acids is 1. The molecule has 24 heavy (non-hydrogen) atoms. The number of unbranched alkanes of at least 4 members (excludes halogenated alkanes) is 7. The summed E-state index contributed by atoms with van der Waals surface area (Å²) in [4.78, 5) is 15.8. The second kappa shape index (κ2) is 18.5. The number of hydrogen-bond donors (Lipinski definition) is 1. The molecule has 0 heterocycles. The maximum atomic E-state index is 11.2. The van der Waals surface area contributed by atoms with Crippen molar-refractivity contribution in [2.24, 2.45) is 0 Å². The highest BCUT2D eigenvalue weighted by Crippen LogP contribution is 2.14. The van der Waals surface area contributed by atoms with Gasteiger partial charge in [0.1, 0.15) is 0 Å². The van der Waals surface area contributed by atoms with Crippen LogP contribution in [-0.4, -0.2) is 23.9 Å². The number of allylic oxidation sites excluding steroid dienone is 2. The molecule has 0 radical (unpaired) electrons. The average molecular weight is 343 g/mol. The average Bonchev–Trinajstić information content (AvgIpc) is 2.58. The molecule has 0 aliphatic heterocycles. The van der Waals surface area contributed by atoms with Crippen LogP contribution in [0.5, 0.6) is 0 Å². The molecule has 0 spiro atoms. The largest absolute Gasteiger partial charge is 0.466 e. The van der Waals surface area contributed by atoms with E-state index in [1.807, 2.05) is 6.92 Å². The van der Waals surface area contributed by atoms with E-state index in [9.17, 15) is 4.79 Å². The van der Waals surface area contributed by atoms with Gasteiger partial charge in [-0.3, -0.25) is 10.1 Å². The Bertz CT molecular complexity index is 302. The summed E-state index contributed by atoms with van der Waals surface area (Å²) in [5.74, 6) is -0.0889. The van der Waals surface area contributed by atoms with Crippen molar-refractivity contribution >= 4 is 5.97 Å². The topological polar surface area (TPSA) is 55.8 Å². The van der Waals surface area contributed by atoms with Crippen molar-refractivity contribution in [1.29, 1.82) is 0 Å². The van der Waals surface area contributed by atoms with Crippen LogP contribution in [0.15, 0.2) is 12.2 Å². The molecule has 0 aromatic heterocycles. The van der Waals surface area contributed by atoms with Gasteiger partial charge in [0, 0.05) is 6.42 Å². The SMILES string of the molecule is CCCCCC=CCCC(CCCCCCCC(=O)OCC)OO. The lowest BCUT2D eigenvalue weighted by molar-refractivity contribution is -0.281. The van der Waals surface area contributed by atoms with Crippen LogP contribution in [0.4, 0.5) is 0 Å². The van der Waals surface area contributed by atoms with E-state index < -0.39 is 0 Å². The smallest absolute Gasteiger partial charge is 0.305 e. The van der Waals surface area contributed by atoms with Crippen LogP contribution in [0, 0.1) is 0 Å². The summed E-state index contributed by atoms with van der Waals surface area (Å²) in [5, 5.41) is 8.98. The van der Waals surface area contributed by atoms with Crippen LogP contribution in [0.2, 0.25) is 0 Å². The minimum absolute atomic E-state index is 0.0511. The normalized spacial score (nSPS) is 12.6. The molecule has 0 amide bonds. The Kier molecular flexibility index (Phi) is 17.8. The Morgan fingerprint density at radius 3 is 2.33 bits per heavy atom. The lowest BCUT2D eigenvalue weighted by Crippen LogP contribution is -2.10. The molecule has 1 unspecified atom stereocenters. The van der Waals surface area contributed by atoms with Crippen molar-refractivity contribution in [3.63, 3.8) is 0 Å². The molecule has 0 aliphatic carbocycles. The van der Waals surface area contributed by atoms with Crippen molar-refractivity contribution < 1.29 is 19.7 Å². The predicted molar refractivity (Wildman–Crippen MR) is 99.0 cm³/mol. The molecule has 4 heteroatoms. The van der Waals surface area contributed by atoms with Crippen LogP contribution < -0.4 is 0 Å². The zero-order chi connectivity index (χ0) is 17.9. The van der Waals surface area contributed by atoms with Crippen molar-refractivity contribution in [3.05, 3.63) is 12.2 Å². The first kappa shape index (κ1) is 23.1. The summed E-state index contributed by atoms with van der Waals surface area (Å²) in [6.07, 6.45) is 17.9.